The summed E-state index contributed by atoms with van der Waals surface area (Å²) < 4.78 is 0. The quantitative estimate of drug-likeness (QED) is 0.830. The average molecular weight is 345 g/mol. The largest absolute Gasteiger partial charge is 0.391 e. The van der Waals surface area contributed by atoms with Crippen LogP contribution in [-0.4, -0.2) is 52.2 Å². The third kappa shape index (κ3) is 5.51. The summed E-state index contributed by atoms with van der Waals surface area (Å²) >= 11 is 0. The Bertz CT molecular complexity index is 529. The van der Waals surface area contributed by atoms with Gasteiger partial charge in [0, 0.05) is 43.5 Å². The van der Waals surface area contributed by atoms with Crippen LogP contribution in [0, 0.1) is 0 Å². The van der Waals surface area contributed by atoms with Gasteiger partial charge in [0.25, 0.3) is 0 Å². The van der Waals surface area contributed by atoms with Gasteiger partial charge in [0.15, 0.2) is 0 Å². The van der Waals surface area contributed by atoms with Gasteiger partial charge in [-0.05, 0) is 50.7 Å². The molecule has 25 heavy (non-hydrogen) atoms. The number of aliphatic hydroxyl groups is 1. The molecule has 138 valence electrons. The summed E-state index contributed by atoms with van der Waals surface area (Å²) in [6, 6.07) is 6.53. The SMILES string of the molecule is O=C(CCCc1ccccn1)NC1CCN(C2CCCCC2O)CC1. The third-order valence-corrected chi connectivity index (χ3v) is 5.62. The first-order chi connectivity index (χ1) is 12.2. The van der Waals surface area contributed by atoms with Crippen molar-refractivity contribution in [3.63, 3.8) is 0 Å². The second-order valence-electron chi connectivity index (χ2n) is 7.47. The topological polar surface area (TPSA) is 65.5 Å². The van der Waals surface area contributed by atoms with Gasteiger partial charge in [-0.15, -0.1) is 0 Å². The fourth-order valence-electron chi connectivity index (χ4n) is 4.17. The molecule has 1 saturated heterocycles. The Morgan fingerprint density at radius 3 is 2.72 bits per heavy atom. The number of hydrogen-bond donors (Lipinski definition) is 2. The maximum absolute atomic E-state index is 12.2. The first-order valence-corrected chi connectivity index (χ1v) is 9.84. The smallest absolute Gasteiger partial charge is 0.220 e. The summed E-state index contributed by atoms with van der Waals surface area (Å²) in [6.45, 7) is 1.97. The van der Waals surface area contributed by atoms with Gasteiger partial charge in [-0.25, -0.2) is 0 Å². The minimum atomic E-state index is -0.161. The first-order valence-electron chi connectivity index (χ1n) is 9.84. The number of rotatable bonds is 6. The fraction of sp³-hybridized carbons (Fsp3) is 0.700. The highest BCUT2D eigenvalue weighted by Crippen LogP contribution is 2.25. The van der Waals surface area contributed by atoms with Gasteiger partial charge in [0.1, 0.15) is 0 Å². The summed E-state index contributed by atoms with van der Waals surface area (Å²) in [5, 5.41) is 13.4. The van der Waals surface area contributed by atoms with Gasteiger partial charge in [-0.2, -0.15) is 0 Å². The number of aromatic nitrogens is 1. The molecular formula is C20H31N3O2. The number of aliphatic hydroxyl groups excluding tert-OH is 1. The van der Waals surface area contributed by atoms with Crippen molar-refractivity contribution in [1.29, 1.82) is 0 Å². The number of hydrogen-bond acceptors (Lipinski definition) is 4. The molecule has 0 aromatic carbocycles. The van der Waals surface area contributed by atoms with Crippen molar-refractivity contribution in [3.05, 3.63) is 30.1 Å². The maximum Gasteiger partial charge on any atom is 0.220 e. The Morgan fingerprint density at radius 2 is 2.00 bits per heavy atom. The molecule has 1 saturated carbocycles. The predicted molar refractivity (Wildman–Crippen MR) is 98.2 cm³/mol. The molecule has 1 aromatic heterocycles. The van der Waals surface area contributed by atoms with Crippen LogP contribution in [0.4, 0.5) is 0 Å². The van der Waals surface area contributed by atoms with Crippen LogP contribution >= 0.6 is 0 Å². The molecule has 0 bridgehead atoms. The van der Waals surface area contributed by atoms with Gasteiger partial charge in [0.2, 0.25) is 5.91 Å². The number of nitrogens with one attached hydrogen (secondary N) is 1. The van der Waals surface area contributed by atoms with Crippen LogP contribution in [0.5, 0.6) is 0 Å². The van der Waals surface area contributed by atoms with Crippen molar-refractivity contribution >= 4 is 5.91 Å². The number of pyridine rings is 1. The number of piperidine rings is 1. The van der Waals surface area contributed by atoms with Crippen LogP contribution in [0.15, 0.2) is 24.4 Å². The third-order valence-electron chi connectivity index (χ3n) is 5.62. The minimum Gasteiger partial charge on any atom is -0.391 e. The van der Waals surface area contributed by atoms with Gasteiger partial charge in [-0.3, -0.25) is 14.7 Å². The highest BCUT2D eigenvalue weighted by atomic mass is 16.3. The van der Waals surface area contributed by atoms with Gasteiger partial charge >= 0.3 is 0 Å². The van der Waals surface area contributed by atoms with Crippen molar-refractivity contribution in [3.8, 4) is 0 Å². The predicted octanol–water partition coefficient (Wildman–Crippen LogP) is 2.29. The lowest BCUT2D eigenvalue weighted by atomic mass is 9.89. The van der Waals surface area contributed by atoms with Crippen molar-refractivity contribution in [2.75, 3.05) is 13.1 Å². The second kappa shape index (κ2) is 9.30. The molecular weight excluding hydrogens is 314 g/mol. The normalized spacial score (nSPS) is 25.6. The minimum absolute atomic E-state index is 0.159. The van der Waals surface area contributed by atoms with E-state index in [1.807, 2.05) is 18.2 Å². The number of carbonyl (C=O) groups is 1. The molecule has 1 aliphatic heterocycles. The lowest BCUT2D eigenvalue weighted by Gasteiger charge is -2.41. The van der Waals surface area contributed by atoms with E-state index in [0.29, 0.717) is 18.5 Å². The van der Waals surface area contributed by atoms with Gasteiger partial charge in [-0.1, -0.05) is 18.9 Å². The molecule has 1 aromatic rings. The van der Waals surface area contributed by atoms with E-state index in [-0.39, 0.29) is 12.0 Å². The van der Waals surface area contributed by atoms with E-state index >= 15 is 0 Å². The molecule has 0 radical (unpaired) electrons. The van der Waals surface area contributed by atoms with Crippen LogP contribution in [0.3, 0.4) is 0 Å². The zero-order valence-corrected chi connectivity index (χ0v) is 15.1. The van der Waals surface area contributed by atoms with Crippen molar-refractivity contribution in [1.82, 2.24) is 15.2 Å². The van der Waals surface area contributed by atoms with Gasteiger partial charge in [0.05, 0.1) is 6.10 Å². The lowest BCUT2D eigenvalue weighted by molar-refractivity contribution is -0.122. The molecule has 2 fully saturated rings. The molecule has 2 N–H and O–H groups in total. The Balaban J connectivity index is 1.33. The Kier molecular flexibility index (Phi) is 6.82. The summed E-state index contributed by atoms with van der Waals surface area (Å²) in [7, 11) is 0. The van der Waals surface area contributed by atoms with Crippen LogP contribution in [-0.2, 0) is 11.2 Å². The molecule has 2 atom stereocenters. The number of nitrogens with zero attached hydrogens (tertiary/aromatic N) is 2. The van der Waals surface area contributed by atoms with Crippen molar-refractivity contribution in [2.45, 2.75) is 76.0 Å². The van der Waals surface area contributed by atoms with E-state index in [1.165, 1.54) is 6.42 Å². The Hall–Kier alpha value is -1.46. The first kappa shape index (κ1) is 18.3. The van der Waals surface area contributed by atoms with Crippen LogP contribution in [0.25, 0.3) is 0 Å². The molecule has 2 unspecified atom stereocenters. The highest BCUT2D eigenvalue weighted by molar-refractivity contribution is 5.76. The van der Waals surface area contributed by atoms with Crippen molar-refractivity contribution in [2.24, 2.45) is 0 Å². The molecule has 0 spiro atoms. The monoisotopic (exact) mass is 345 g/mol. The molecule has 5 nitrogen and oxygen atoms in total. The zero-order chi connectivity index (χ0) is 17.5. The van der Waals surface area contributed by atoms with Crippen LogP contribution in [0.2, 0.25) is 0 Å². The summed E-state index contributed by atoms with van der Waals surface area (Å²) in [5.41, 5.74) is 1.05. The van der Waals surface area contributed by atoms with E-state index in [2.05, 4.69) is 15.2 Å². The second-order valence-corrected chi connectivity index (χ2v) is 7.47. The van der Waals surface area contributed by atoms with Crippen LogP contribution < -0.4 is 5.32 Å². The van der Waals surface area contributed by atoms with E-state index in [4.69, 9.17) is 0 Å². The number of carbonyl (C=O) groups excluding carboxylic acids is 1. The standard InChI is InChI=1S/C20H31N3O2/c24-19-9-2-1-8-18(19)23-14-11-17(12-15-23)22-20(25)10-5-7-16-6-3-4-13-21-16/h3-4,6,13,17-19,24H,1-2,5,7-12,14-15H2,(H,22,25). The molecule has 1 aliphatic carbocycles. The molecule has 2 heterocycles. The summed E-state index contributed by atoms with van der Waals surface area (Å²) in [6.07, 6.45) is 10.3. The maximum atomic E-state index is 12.2. The lowest BCUT2D eigenvalue weighted by Crippen LogP contribution is -2.52. The number of likely N-dealkylation sites (tertiary alicyclic amines) is 1. The average Bonchev–Trinajstić information content (AvgIpc) is 2.64. The molecule has 5 heteroatoms. The summed E-state index contributed by atoms with van der Waals surface area (Å²) in [5.74, 6) is 0.159. The Morgan fingerprint density at radius 1 is 1.20 bits per heavy atom. The van der Waals surface area contributed by atoms with Gasteiger partial charge < -0.3 is 10.4 Å². The number of amides is 1. The van der Waals surface area contributed by atoms with E-state index < -0.39 is 0 Å². The van der Waals surface area contributed by atoms with E-state index in [1.54, 1.807) is 6.20 Å². The summed E-state index contributed by atoms with van der Waals surface area (Å²) in [4.78, 5) is 18.9. The molecule has 1 amide bonds. The highest BCUT2D eigenvalue weighted by Gasteiger charge is 2.31. The zero-order valence-electron chi connectivity index (χ0n) is 15.1. The van der Waals surface area contributed by atoms with Crippen molar-refractivity contribution < 1.29 is 9.90 Å². The van der Waals surface area contributed by atoms with E-state index in [9.17, 15) is 9.90 Å². The molecule has 3 rings (SSSR count). The fourth-order valence-corrected chi connectivity index (χ4v) is 4.17. The number of aryl methyl sites for hydroxylation is 1. The Labute approximate surface area is 150 Å². The molecule has 2 aliphatic rings. The van der Waals surface area contributed by atoms with Crippen LogP contribution in [0.1, 0.15) is 57.1 Å². The van der Waals surface area contributed by atoms with E-state index in [0.717, 1.165) is 63.7 Å².